The molecule has 120 valence electrons. The average molecular weight is 300 g/mol. The first kappa shape index (κ1) is 16.8. The Kier molecular flexibility index (Phi) is 4.25. The minimum atomic E-state index is -0.767. The maximum absolute atomic E-state index is 11.7. The van der Waals surface area contributed by atoms with Crippen LogP contribution >= 0.6 is 0 Å². The van der Waals surface area contributed by atoms with Crippen LogP contribution in [-0.2, 0) is 16.6 Å². The van der Waals surface area contributed by atoms with Crippen LogP contribution in [0.4, 0.5) is 0 Å². The normalized spacial score (nSPS) is 24.9. The Hall–Kier alpha value is -1.57. The highest BCUT2D eigenvalue weighted by atomic mass is 16.4. The summed E-state index contributed by atoms with van der Waals surface area (Å²) in [6, 6.07) is 6.67. The SMILES string of the molecule is C=C[C@]1(C)c2ccc(C(C)C)cc2CC[C@H]1C(C)(C)C(=O)O. The topological polar surface area (TPSA) is 37.3 Å². The van der Waals surface area contributed by atoms with Crippen molar-refractivity contribution in [3.8, 4) is 0 Å². The van der Waals surface area contributed by atoms with Crippen LogP contribution in [0, 0.1) is 11.3 Å². The van der Waals surface area contributed by atoms with Gasteiger partial charge in [-0.25, -0.2) is 0 Å². The monoisotopic (exact) mass is 300 g/mol. The van der Waals surface area contributed by atoms with Crippen LogP contribution in [0.15, 0.2) is 30.9 Å². The van der Waals surface area contributed by atoms with E-state index in [1.54, 1.807) is 0 Å². The first-order chi connectivity index (χ1) is 10.1. The van der Waals surface area contributed by atoms with Crippen molar-refractivity contribution in [3.05, 3.63) is 47.5 Å². The largest absolute Gasteiger partial charge is 0.481 e. The molecular formula is C20H28O2. The average Bonchev–Trinajstić information content (AvgIpc) is 2.46. The van der Waals surface area contributed by atoms with Crippen molar-refractivity contribution in [2.45, 2.75) is 58.8 Å². The second kappa shape index (κ2) is 5.57. The molecule has 0 fully saturated rings. The lowest BCUT2D eigenvalue weighted by Gasteiger charge is -2.47. The van der Waals surface area contributed by atoms with Gasteiger partial charge in [0, 0.05) is 5.41 Å². The van der Waals surface area contributed by atoms with E-state index in [0.29, 0.717) is 5.92 Å². The molecule has 1 aromatic carbocycles. The minimum absolute atomic E-state index is 0.0485. The van der Waals surface area contributed by atoms with Gasteiger partial charge in [-0.05, 0) is 55.2 Å². The Labute approximate surface area is 134 Å². The molecule has 2 rings (SSSR count). The Bertz CT molecular complexity index is 598. The predicted octanol–water partition coefficient (Wildman–Crippen LogP) is 4.93. The summed E-state index contributed by atoms with van der Waals surface area (Å²) in [7, 11) is 0. The Morgan fingerprint density at radius 1 is 1.45 bits per heavy atom. The maximum atomic E-state index is 11.7. The van der Waals surface area contributed by atoms with Crippen LogP contribution in [0.5, 0.6) is 0 Å². The highest BCUT2D eigenvalue weighted by molar-refractivity contribution is 5.74. The zero-order chi connectivity index (χ0) is 16.7. The van der Waals surface area contributed by atoms with Crippen molar-refractivity contribution in [1.82, 2.24) is 0 Å². The highest BCUT2D eigenvalue weighted by Gasteiger charge is 2.49. The third-order valence-electron chi connectivity index (χ3n) is 5.65. The fourth-order valence-corrected chi connectivity index (χ4v) is 4.00. The van der Waals surface area contributed by atoms with Crippen LogP contribution in [0.2, 0.25) is 0 Å². The number of fused-ring (bicyclic) bond motifs is 1. The van der Waals surface area contributed by atoms with Crippen LogP contribution in [0.25, 0.3) is 0 Å². The lowest BCUT2D eigenvalue weighted by atomic mass is 9.56. The number of benzene rings is 1. The van der Waals surface area contributed by atoms with E-state index in [1.807, 2.05) is 19.9 Å². The number of rotatable bonds is 4. The molecule has 0 saturated heterocycles. The van der Waals surface area contributed by atoms with E-state index in [0.717, 1.165) is 12.8 Å². The van der Waals surface area contributed by atoms with Gasteiger partial charge in [0.2, 0.25) is 0 Å². The molecule has 0 bridgehead atoms. The van der Waals surface area contributed by atoms with Gasteiger partial charge in [0.05, 0.1) is 5.41 Å². The molecule has 0 aromatic heterocycles. The zero-order valence-electron chi connectivity index (χ0n) is 14.4. The molecule has 1 aromatic rings. The van der Waals surface area contributed by atoms with Crippen LogP contribution < -0.4 is 0 Å². The third kappa shape index (κ3) is 2.49. The molecule has 0 spiro atoms. The van der Waals surface area contributed by atoms with Gasteiger partial charge in [0.1, 0.15) is 0 Å². The van der Waals surface area contributed by atoms with E-state index < -0.39 is 11.4 Å². The zero-order valence-corrected chi connectivity index (χ0v) is 14.4. The second-order valence-corrected chi connectivity index (χ2v) is 7.68. The van der Waals surface area contributed by atoms with Crippen molar-refractivity contribution in [1.29, 1.82) is 0 Å². The lowest BCUT2D eigenvalue weighted by molar-refractivity contribution is -0.151. The molecular weight excluding hydrogens is 272 g/mol. The van der Waals surface area contributed by atoms with E-state index in [-0.39, 0.29) is 11.3 Å². The molecule has 0 aliphatic heterocycles. The minimum Gasteiger partial charge on any atom is -0.481 e. The van der Waals surface area contributed by atoms with E-state index >= 15 is 0 Å². The smallest absolute Gasteiger partial charge is 0.309 e. The summed E-state index contributed by atoms with van der Waals surface area (Å²) in [5.74, 6) is -0.173. The summed E-state index contributed by atoms with van der Waals surface area (Å²) in [5.41, 5.74) is 2.88. The van der Waals surface area contributed by atoms with Crippen molar-refractivity contribution in [3.63, 3.8) is 0 Å². The molecule has 1 aliphatic rings. The van der Waals surface area contributed by atoms with Gasteiger partial charge in [0.25, 0.3) is 0 Å². The molecule has 0 amide bonds. The van der Waals surface area contributed by atoms with Gasteiger partial charge >= 0.3 is 5.97 Å². The molecule has 22 heavy (non-hydrogen) atoms. The molecule has 1 N–H and O–H groups in total. The van der Waals surface area contributed by atoms with Gasteiger partial charge in [-0.3, -0.25) is 4.79 Å². The lowest BCUT2D eigenvalue weighted by Crippen LogP contribution is -2.47. The van der Waals surface area contributed by atoms with E-state index in [1.165, 1.54) is 16.7 Å². The Morgan fingerprint density at radius 3 is 2.59 bits per heavy atom. The number of aryl methyl sites for hydroxylation is 1. The molecule has 2 atom stereocenters. The van der Waals surface area contributed by atoms with E-state index in [4.69, 9.17) is 0 Å². The van der Waals surface area contributed by atoms with E-state index in [2.05, 4.69) is 45.5 Å². The van der Waals surface area contributed by atoms with E-state index in [9.17, 15) is 9.90 Å². The molecule has 0 radical (unpaired) electrons. The molecule has 2 nitrogen and oxygen atoms in total. The molecule has 0 saturated carbocycles. The van der Waals surface area contributed by atoms with Gasteiger partial charge < -0.3 is 5.11 Å². The first-order valence-corrected chi connectivity index (χ1v) is 8.15. The maximum Gasteiger partial charge on any atom is 0.309 e. The second-order valence-electron chi connectivity index (χ2n) is 7.68. The summed E-state index contributed by atoms with van der Waals surface area (Å²) >= 11 is 0. The molecule has 2 heteroatoms. The van der Waals surface area contributed by atoms with Gasteiger partial charge in [0.15, 0.2) is 0 Å². The number of carboxylic acids is 1. The Balaban J connectivity index is 2.55. The molecule has 0 heterocycles. The first-order valence-electron chi connectivity index (χ1n) is 8.15. The van der Waals surface area contributed by atoms with Crippen LogP contribution in [0.3, 0.4) is 0 Å². The number of hydrogen-bond donors (Lipinski definition) is 1. The highest BCUT2D eigenvalue weighted by Crippen LogP contribution is 2.50. The van der Waals surface area contributed by atoms with Crippen molar-refractivity contribution in [2.24, 2.45) is 11.3 Å². The number of allylic oxidation sites excluding steroid dienone is 1. The molecule has 1 aliphatic carbocycles. The van der Waals surface area contributed by atoms with Gasteiger partial charge in [-0.15, -0.1) is 6.58 Å². The summed E-state index contributed by atoms with van der Waals surface area (Å²) < 4.78 is 0. The Morgan fingerprint density at radius 2 is 2.09 bits per heavy atom. The number of carbonyl (C=O) groups is 1. The number of aliphatic carboxylic acids is 1. The summed E-state index contributed by atoms with van der Waals surface area (Å²) in [4.78, 5) is 11.7. The van der Waals surface area contributed by atoms with Gasteiger partial charge in [-0.2, -0.15) is 0 Å². The van der Waals surface area contributed by atoms with Crippen molar-refractivity contribution in [2.75, 3.05) is 0 Å². The van der Waals surface area contributed by atoms with Crippen LogP contribution in [-0.4, -0.2) is 11.1 Å². The third-order valence-corrected chi connectivity index (χ3v) is 5.65. The van der Waals surface area contributed by atoms with Gasteiger partial charge in [-0.1, -0.05) is 45.0 Å². The summed E-state index contributed by atoms with van der Waals surface area (Å²) in [5, 5.41) is 9.65. The number of hydrogen-bond acceptors (Lipinski definition) is 1. The number of carboxylic acid groups (broad SMARTS) is 1. The fourth-order valence-electron chi connectivity index (χ4n) is 4.00. The van der Waals surface area contributed by atoms with Crippen LogP contribution in [0.1, 0.15) is 63.6 Å². The summed E-state index contributed by atoms with van der Waals surface area (Å²) in [6.45, 7) is 14.3. The van der Waals surface area contributed by atoms with Crippen molar-refractivity contribution < 1.29 is 9.90 Å². The fraction of sp³-hybridized carbons (Fsp3) is 0.550. The predicted molar refractivity (Wildman–Crippen MR) is 91.3 cm³/mol. The molecule has 0 unspecified atom stereocenters. The van der Waals surface area contributed by atoms with Crippen molar-refractivity contribution >= 4 is 5.97 Å². The standard InChI is InChI=1S/C20H28O2/c1-7-20(6)16-10-8-14(13(2)3)12-15(16)9-11-17(20)19(4,5)18(21)22/h7-8,10,12-13,17H,1,9,11H2,2-6H3,(H,21,22)/t17-,20+/m0/s1. The summed E-state index contributed by atoms with van der Waals surface area (Å²) in [6.07, 6.45) is 3.78. The quantitative estimate of drug-likeness (QED) is 0.801.